The fraction of sp³-hybridized carbons (Fsp3) is 0.500. The number of ether oxygens (including phenoxy) is 1. The van der Waals surface area contributed by atoms with Crippen molar-refractivity contribution in [3.8, 4) is 11.5 Å². The Kier molecular flexibility index (Phi) is 7.29. The third-order valence-electron chi connectivity index (χ3n) is 3.13. The highest BCUT2D eigenvalue weighted by Gasteiger charge is 2.11. The molecule has 0 atom stereocenters. The first-order valence-electron chi connectivity index (χ1n) is 7.25. The molecule has 1 aromatic carbocycles. The number of phenolic OH excluding ortho intramolecular Hbond substituents is 2. The summed E-state index contributed by atoms with van der Waals surface area (Å²) in [5, 5.41) is 18.4. The summed E-state index contributed by atoms with van der Waals surface area (Å²) >= 11 is 0. The minimum atomic E-state index is -0.621. The second kappa shape index (κ2) is 9.00. The summed E-state index contributed by atoms with van der Waals surface area (Å²) in [5.74, 6) is -1.21. The molecule has 0 radical (unpaired) electrons. The standard InChI is InChI=1S/C16H22O5/c1-2-3-4-5-6-13(17)9-10-21-16(20)12-7-8-14(18)15(19)11-12/h7-8,11,18-19H,2-6,9-10H2,1H3. The van der Waals surface area contributed by atoms with Crippen LogP contribution in [-0.4, -0.2) is 28.6 Å². The van der Waals surface area contributed by atoms with Crippen molar-refractivity contribution in [2.75, 3.05) is 6.61 Å². The van der Waals surface area contributed by atoms with E-state index in [0.29, 0.717) is 6.42 Å². The number of hydrogen-bond acceptors (Lipinski definition) is 5. The second-order valence-corrected chi connectivity index (χ2v) is 4.94. The van der Waals surface area contributed by atoms with Crippen LogP contribution in [0.1, 0.15) is 55.8 Å². The zero-order valence-corrected chi connectivity index (χ0v) is 12.3. The molecule has 0 bridgehead atoms. The van der Waals surface area contributed by atoms with Gasteiger partial charge < -0.3 is 14.9 Å². The number of unbranched alkanes of at least 4 members (excludes halogenated alkanes) is 3. The van der Waals surface area contributed by atoms with Gasteiger partial charge in [-0.1, -0.05) is 26.2 Å². The van der Waals surface area contributed by atoms with Crippen molar-refractivity contribution in [1.29, 1.82) is 0 Å². The van der Waals surface area contributed by atoms with Gasteiger partial charge in [-0.25, -0.2) is 4.79 Å². The van der Waals surface area contributed by atoms with E-state index in [2.05, 4.69) is 6.92 Å². The van der Waals surface area contributed by atoms with Crippen molar-refractivity contribution in [3.63, 3.8) is 0 Å². The lowest BCUT2D eigenvalue weighted by Crippen LogP contribution is -2.10. The predicted octanol–water partition coefficient (Wildman–Crippen LogP) is 3.18. The van der Waals surface area contributed by atoms with Crippen molar-refractivity contribution in [2.24, 2.45) is 0 Å². The lowest BCUT2D eigenvalue weighted by Gasteiger charge is -2.05. The molecule has 0 aliphatic rings. The maximum Gasteiger partial charge on any atom is 0.338 e. The van der Waals surface area contributed by atoms with Crippen LogP contribution in [0.15, 0.2) is 18.2 Å². The third-order valence-corrected chi connectivity index (χ3v) is 3.13. The molecule has 0 aliphatic carbocycles. The first-order valence-corrected chi connectivity index (χ1v) is 7.25. The smallest absolute Gasteiger partial charge is 0.338 e. The highest BCUT2D eigenvalue weighted by atomic mass is 16.5. The Morgan fingerprint density at radius 2 is 1.81 bits per heavy atom. The van der Waals surface area contributed by atoms with E-state index in [0.717, 1.165) is 31.7 Å². The average molecular weight is 294 g/mol. The zero-order chi connectivity index (χ0) is 15.7. The molecule has 5 heteroatoms. The monoisotopic (exact) mass is 294 g/mol. The molecule has 0 saturated heterocycles. The predicted molar refractivity (Wildman–Crippen MR) is 78.4 cm³/mol. The number of Topliss-reactive ketones (excluding diaryl/α,β-unsaturated/α-hetero) is 1. The van der Waals surface area contributed by atoms with Crippen LogP contribution in [0.4, 0.5) is 0 Å². The van der Waals surface area contributed by atoms with Crippen LogP contribution in [0.3, 0.4) is 0 Å². The van der Waals surface area contributed by atoms with Crippen LogP contribution < -0.4 is 0 Å². The van der Waals surface area contributed by atoms with Gasteiger partial charge in [0.1, 0.15) is 5.78 Å². The van der Waals surface area contributed by atoms with Crippen LogP contribution in [-0.2, 0) is 9.53 Å². The van der Waals surface area contributed by atoms with E-state index in [1.54, 1.807) is 0 Å². The van der Waals surface area contributed by atoms with E-state index in [1.807, 2.05) is 0 Å². The summed E-state index contributed by atoms with van der Waals surface area (Å²) in [6.45, 7) is 2.15. The number of phenols is 2. The lowest BCUT2D eigenvalue weighted by molar-refractivity contribution is -0.119. The second-order valence-electron chi connectivity index (χ2n) is 4.94. The number of ketones is 1. The molecule has 0 saturated carbocycles. The topological polar surface area (TPSA) is 83.8 Å². The van der Waals surface area contributed by atoms with Gasteiger partial charge in [0.25, 0.3) is 0 Å². The van der Waals surface area contributed by atoms with E-state index < -0.39 is 5.97 Å². The fourth-order valence-electron chi connectivity index (χ4n) is 1.87. The molecule has 0 amide bonds. The Balaban J connectivity index is 2.26. The van der Waals surface area contributed by atoms with Crippen LogP contribution in [0, 0.1) is 0 Å². The van der Waals surface area contributed by atoms with Crippen molar-refractivity contribution in [1.82, 2.24) is 0 Å². The summed E-state index contributed by atoms with van der Waals surface area (Å²) in [6, 6.07) is 3.69. The molecule has 2 N–H and O–H groups in total. The van der Waals surface area contributed by atoms with Gasteiger partial charge in [0.05, 0.1) is 12.2 Å². The Bertz CT molecular complexity index is 482. The third kappa shape index (κ3) is 6.29. The van der Waals surface area contributed by atoms with Gasteiger partial charge in [-0.3, -0.25) is 4.79 Å². The highest BCUT2D eigenvalue weighted by Crippen LogP contribution is 2.25. The van der Waals surface area contributed by atoms with E-state index in [4.69, 9.17) is 9.84 Å². The molecule has 116 valence electrons. The summed E-state index contributed by atoms with van der Waals surface area (Å²) in [5.41, 5.74) is 0.140. The number of carbonyl (C=O) groups is 2. The molecular weight excluding hydrogens is 272 g/mol. The summed E-state index contributed by atoms with van der Waals surface area (Å²) in [7, 11) is 0. The Labute approximate surface area is 124 Å². The number of rotatable bonds is 9. The first-order chi connectivity index (χ1) is 10.0. The number of benzene rings is 1. The normalized spacial score (nSPS) is 10.3. The summed E-state index contributed by atoms with van der Waals surface area (Å²) in [6.07, 6.45) is 4.93. The minimum absolute atomic E-state index is 0.0348. The highest BCUT2D eigenvalue weighted by molar-refractivity contribution is 5.90. The van der Waals surface area contributed by atoms with E-state index in [9.17, 15) is 14.7 Å². The molecular formula is C16H22O5. The van der Waals surface area contributed by atoms with Gasteiger partial charge in [-0.05, 0) is 24.6 Å². The lowest BCUT2D eigenvalue weighted by atomic mass is 10.1. The Morgan fingerprint density at radius 3 is 2.48 bits per heavy atom. The minimum Gasteiger partial charge on any atom is -0.504 e. The maximum atomic E-state index is 11.7. The molecule has 0 unspecified atom stereocenters. The fourth-order valence-corrected chi connectivity index (χ4v) is 1.87. The first kappa shape index (κ1) is 17.0. The van der Waals surface area contributed by atoms with Gasteiger partial charge in [0, 0.05) is 12.8 Å². The van der Waals surface area contributed by atoms with Gasteiger partial charge in [-0.2, -0.15) is 0 Å². The SMILES string of the molecule is CCCCCCC(=O)CCOC(=O)c1ccc(O)c(O)c1. The number of hydrogen-bond donors (Lipinski definition) is 2. The van der Waals surface area contributed by atoms with Gasteiger partial charge in [0.15, 0.2) is 11.5 Å². The van der Waals surface area contributed by atoms with Gasteiger partial charge in [0.2, 0.25) is 0 Å². The van der Waals surface area contributed by atoms with E-state index in [1.165, 1.54) is 12.1 Å². The summed E-state index contributed by atoms with van der Waals surface area (Å²) < 4.78 is 4.97. The quantitative estimate of drug-likeness (QED) is 0.415. The Hall–Kier alpha value is -2.04. The van der Waals surface area contributed by atoms with Gasteiger partial charge >= 0.3 is 5.97 Å². The van der Waals surface area contributed by atoms with Crippen LogP contribution in [0.5, 0.6) is 11.5 Å². The van der Waals surface area contributed by atoms with Crippen LogP contribution in [0.2, 0.25) is 0 Å². The molecule has 0 aliphatic heterocycles. The average Bonchev–Trinajstić information content (AvgIpc) is 2.46. The van der Waals surface area contributed by atoms with Crippen LogP contribution >= 0.6 is 0 Å². The maximum absolute atomic E-state index is 11.7. The summed E-state index contributed by atoms with van der Waals surface area (Å²) in [4.78, 5) is 23.2. The van der Waals surface area contributed by atoms with Crippen molar-refractivity contribution in [3.05, 3.63) is 23.8 Å². The van der Waals surface area contributed by atoms with E-state index in [-0.39, 0.29) is 35.9 Å². The van der Waals surface area contributed by atoms with Crippen LogP contribution in [0.25, 0.3) is 0 Å². The van der Waals surface area contributed by atoms with Crippen molar-refractivity contribution >= 4 is 11.8 Å². The number of esters is 1. The molecule has 0 spiro atoms. The van der Waals surface area contributed by atoms with Gasteiger partial charge in [-0.15, -0.1) is 0 Å². The van der Waals surface area contributed by atoms with E-state index >= 15 is 0 Å². The van der Waals surface area contributed by atoms with Crippen molar-refractivity contribution < 1.29 is 24.5 Å². The van der Waals surface area contributed by atoms with Crippen molar-refractivity contribution in [2.45, 2.75) is 45.4 Å². The molecule has 0 aromatic heterocycles. The molecule has 0 heterocycles. The number of carbonyl (C=O) groups excluding carboxylic acids is 2. The molecule has 5 nitrogen and oxygen atoms in total. The number of aromatic hydroxyl groups is 2. The Morgan fingerprint density at radius 1 is 1.05 bits per heavy atom. The molecule has 21 heavy (non-hydrogen) atoms. The largest absolute Gasteiger partial charge is 0.504 e. The molecule has 1 aromatic rings. The molecule has 1 rings (SSSR count). The molecule has 0 fully saturated rings. The zero-order valence-electron chi connectivity index (χ0n) is 12.3.